The van der Waals surface area contributed by atoms with Gasteiger partial charge in [-0.1, -0.05) is 26.2 Å². The first-order chi connectivity index (χ1) is 7.26. The summed E-state index contributed by atoms with van der Waals surface area (Å²) in [4.78, 5) is 0. The topological polar surface area (TPSA) is 60.7 Å². The van der Waals surface area contributed by atoms with Crippen molar-refractivity contribution in [3.8, 4) is 0 Å². The molecule has 0 aliphatic heterocycles. The Hall–Kier alpha value is -0.120. The molecule has 15 heavy (non-hydrogen) atoms. The molecule has 92 valence electrons. The minimum atomic E-state index is -0.236. The molecule has 0 fully saturated rings. The molecule has 0 aliphatic rings. The first kappa shape index (κ1) is 14.9. The van der Waals surface area contributed by atoms with E-state index in [2.05, 4.69) is 6.92 Å². The maximum Gasteiger partial charge on any atom is 0.0568 e. The molecule has 3 N–H and O–H groups in total. The van der Waals surface area contributed by atoms with Crippen molar-refractivity contribution in [3.63, 3.8) is 0 Å². The van der Waals surface area contributed by atoms with E-state index in [0.29, 0.717) is 5.92 Å². The van der Waals surface area contributed by atoms with Crippen molar-refractivity contribution in [3.05, 3.63) is 0 Å². The molecule has 0 saturated heterocycles. The van der Waals surface area contributed by atoms with Gasteiger partial charge in [0.05, 0.1) is 6.10 Å². The minimum Gasteiger partial charge on any atom is -0.396 e. The zero-order valence-corrected chi connectivity index (χ0v) is 9.86. The smallest absolute Gasteiger partial charge is 0.0568 e. The third kappa shape index (κ3) is 7.77. The van der Waals surface area contributed by atoms with Crippen molar-refractivity contribution in [1.29, 1.82) is 0 Å². The number of aliphatic hydroxyl groups is 3. The maximum atomic E-state index is 9.89. The van der Waals surface area contributed by atoms with Crippen LogP contribution in [-0.4, -0.2) is 34.6 Å². The fraction of sp³-hybridized carbons (Fsp3) is 1.00. The van der Waals surface area contributed by atoms with Gasteiger partial charge in [-0.2, -0.15) is 0 Å². The molecule has 2 atom stereocenters. The quantitative estimate of drug-likeness (QED) is 0.489. The van der Waals surface area contributed by atoms with Gasteiger partial charge in [-0.05, 0) is 31.6 Å². The molecule has 0 aromatic heterocycles. The summed E-state index contributed by atoms with van der Waals surface area (Å²) in [5.41, 5.74) is 0. The molecule has 0 aliphatic carbocycles. The van der Waals surface area contributed by atoms with Crippen LogP contribution < -0.4 is 0 Å². The molecule has 0 heterocycles. The van der Waals surface area contributed by atoms with Crippen LogP contribution in [0.4, 0.5) is 0 Å². The maximum absolute atomic E-state index is 9.89. The van der Waals surface area contributed by atoms with Crippen molar-refractivity contribution in [1.82, 2.24) is 0 Å². The molecule has 0 bridgehead atoms. The van der Waals surface area contributed by atoms with Crippen LogP contribution in [0.15, 0.2) is 0 Å². The fourth-order valence-corrected chi connectivity index (χ4v) is 1.90. The van der Waals surface area contributed by atoms with E-state index in [1.54, 1.807) is 0 Å². The van der Waals surface area contributed by atoms with Crippen LogP contribution in [-0.2, 0) is 0 Å². The molecule has 0 saturated carbocycles. The second-order valence-corrected chi connectivity index (χ2v) is 4.17. The van der Waals surface area contributed by atoms with Crippen LogP contribution in [0.1, 0.15) is 51.9 Å². The molecule has 3 heteroatoms. The second kappa shape index (κ2) is 10.4. The number of aliphatic hydroxyl groups excluding tert-OH is 3. The third-order valence-corrected chi connectivity index (χ3v) is 2.96. The van der Waals surface area contributed by atoms with Crippen molar-refractivity contribution >= 4 is 0 Å². The Morgan fingerprint density at radius 1 is 0.867 bits per heavy atom. The summed E-state index contributed by atoms with van der Waals surface area (Å²) < 4.78 is 0. The number of hydrogen-bond donors (Lipinski definition) is 3. The lowest BCUT2D eigenvalue weighted by Gasteiger charge is -2.21. The van der Waals surface area contributed by atoms with Gasteiger partial charge in [-0.25, -0.2) is 0 Å². The lowest BCUT2D eigenvalue weighted by atomic mass is 9.91. The Bertz CT molecular complexity index is 128. The predicted octanol–water partition coefficient (Wildman–Crippen LogP) is 1.70. The standard InChI is InChI=1S/C12H26O3/c1-2-11(7-6-10-14)12(15)8-4-3-5-9-13/h11-15H,2-10H2,1H3. The van der Waals surface area contributed by atoms with Gasteiger partial charge in [0, 0.05) is 13.2 Å². The van der Waals surface area contributed by atoms with Crippen molar-refractivity contribution in [2.45, 2.75) is 58.0 Å². The van der Waals surface area contributed by atoms with E-state index < -0.39 is 0 Å². The van der Waals surface area contributed by atoms with Gasteiger partial charge >= 0.3 is 0 Å². The molecule has 0 spiro atoms. The lowest BCUT2D eigenvalue weighted by molar-refractivity contribution is 0.0839. The van der Waals surface area contributed by atoms with Crippen molar-refractivity contribution in [2.24, 2.45) is 5.92 Å². The van der Waals surface area contributed by atoms with Gasteiger partial charge in [0.25, 0.3) is 0 Å². The van der Waals surface area contributed by atoms with E-state index in [9.17, 15) is 5.11 Å². The van der Waals surface area contributed by atoms with E-state index in [4.69, 9.17) is 10.2 Å². The van der Waals surface area contributed by atoms with Crippen molar-refractivity contribution in [2.75, 3.05) is 13.2 Å². The summed E-state index contributed by atoms with van der Waals surface area (Å²) in [6, 6.07) is 0. The summed E-state index contributed by atoms with van der Waals surface area (Å²) in [5.74, 6) is 0.325. The van der Waals surface area contributed by atoms with Gasteiger partial charge < -0.3 is 15.3 Å². The number of unbranched alkanes of at least 4 members (excludes halogenated alkanes) is 2. The normalized spacial score (nSPS) is 15.2. The largest absolute Gasteiger partial charge is 0.396 e. The molecule has 0 rings (SSSR count). The number of rotatable bonds is 10. The molecule has 2 unspecified atom stereocenters. The van der Waals surface area contributed by atoms with E-state index >= 15 is 0 Å². The molecule has 0 amide bonds. The lowest BCUT2D eigenvalue weighted by Crippen LogP contribution is -2.20. The van der Waals surface area contributed by atoms with Crippen LogP contribution in [0.2, 0.25) is 0 Å². The molecule has 3 nitrogen and oxygen atoms in total. The third-order valence-electron chi connectivity index (χ3n) is 2.96. The second-order valence-electron chi connectivity index (χ2n) is 4.17. The molecular weight excluding hydrogens is 192 g/mol. The fourth-order valence-electron chi connectivity index (χ4n) is 1.90. The van der Waals surface area contributed by atoms with Crippen LogP contribution in [0, 0.1) is 5.92 Å². The summed E-state index contributed by atoms with van der Waals surface area (Å²) in [7, 11) is 0. The Kier molecular flexibility index (Phi) is 10.3. The van der Waals surface area contributed by atoms with E-state index in [1.807, 2.05) is 0 Å². The van der Waals surface area contributed by atoms with Crippen LogP contribution in [0.25, 0.3) is 0 Å². The van der Waals surface area contributed by atoms with Crippen LogP contribution >= 0.6 is 0 Å². The minimum absolute atomic E-state index is 0.216. The van der Waals surface area contributed by atoms with E-state index in [-0.39, 0.29) is 19.3 Å². The first-order valence-electron chi connectivity index (χ1n) is 6.16. The highest BCUT2D eigenvalue weighted by Gasteiger charge is 2.16. The predicted molar refractivity (Wildman–Crippen MR) is 61.7 cm³/mol. The highest BCUT2D eigenvalue weighted by Crippen LogP contribution is 2.19. The van der Waals surface area contributed by atoms with Crippen LogP contribution in [0.5, 0.6) is 0 Å². The highest BCUT2D eigenvalue weighted by atomic mass is 16.3. The van der Waals surface area contributed by atoms with E-state index in [1.165, 1.54) is 0 Å². The van der Waals surface area contributed by atoms with Gasteiger partial charge in [-0.15, -0.1) is 0 Å². The van der Waals surface area contributed by atoms with E-state index in [0.717, 1.165) is 44.9 Å². The summed E-state index contributed by atoms with van der Waals surface area (Å²) in [6.45, 7) is 2.55. The monoisotopic (exact) mass is 218 g/mol. The molecular formula is C12H26O3. The zero-order chi connectivity index (χ0) is 11.5. The molecule has 0 aromatic rings. The number of hydrogen-bond acceptors (Lipinski definition) is 3. The highest BCUT2D eigenvalue weighted by molar-refractivity contribution is 4.67. The molecule has 0 radical (unpaired) electrons. The molecule has 0 aromatic carbocycles. The summed E-state index contributed by atoms with van der Waals surface area (Å²) in [6.07, 6.45) is 6.06. The van der Waals surface area contributed by atoms with Gasteiger partial charge in [0.1, 0.15) is 0 Å². The Balaban J connectivity index is 3.58. The Labute approximate surface area is 93.1 Å². The first-order valence-corrected chi connectivity index (χ1v) is 6.16. The average Bonchev–Trinajstić information content (AvgIpc) is 2.25. The van der Waals surface area contributed by atoms with Crippen LogP contribution in [0.3, 0.4) is 0 Å². The Morgan fingerprint density at radius 2 is 1.53 bits per heavy atom. The van der Waals surface area contributed by atoms with Crippen molar-refractivity contribution < 1.29 is 15.3 Å². The average molecular weight is 218 g/mol. The van der Waals surface area contributed by atoms with Gasteiger partial charge in [0.15, 0.2) is 0 Å². The zero-order valence-electron chi connectivity index (χ0n) is 9.86. The SMILES string of the molecule is CCC(CCCO)C(O)CCCCCO. The van der Waals surface area contributed by atoms with Gasteiger partial charge in [0.2, 0.25) is 0 Å². The summed E-state index contributed by atoms with van der Waals surface area (Å²) >= 11 is 0. The Morgan fingerprint density at radius 3 is 2.07 bits per heavy atom. The van der Waals surface area contributed by atoms with Gasteiger partial charge in [-0.3, -0.25) is 0 Å². The summed E-state index contributed by atoms with van der Waals surface area (Å²) in [5, 5.41) is 27.2.